The van der Waals surface area contributed by atoms with Crippen molar-refractivity contribution in [2.75, 3.05) is 0 Å². The lowest BCUT2D eigenvalue weighted by Gasteiger charge is -2.30. The minimum absolute atomic E-state index is 1.19. The molecule has 0 aromatic rings. The molecule has 64 valence electrons. The molecule has 0 fully saturated rings. The van der Waals surface area contributed by atoms with E-state index in [1.807, 2.05) is 0 Å². The zero-order valence-corrected chi connectivity index (χ0v) is 6.29. The predicted molar refractivity (Wildman–Crippen MR) is 43.7 cm³/mol. The smallest absolute Gasteiger partial charge is 0.193 e. The Morgan fingerprint density at radius 2 is 1.18 bits per heavy atom. The van der Waals surface area contributed by atoms with Crippen molar-refractivity contribution in [2.24, 2.45) is 22.9 Å². The van der Waals surface area contributed by atoms with Gasteiger partial charge in [-0.25, -0.2) is 0 Å². The van der Waals surface area contributed by atoms with Crippen LogP contribution < -0.4 is 22.9 Å². The Kier molecular flexibility index (Phi) is 2.92. The van der Waals surface area contributed by atoms with E-state index in [0.29, 0.717) is 0 Å². The average Bonchev–Trinajstić information content (AvgIpc) is 1.86. The van der Waals surface area contributed by atoms with Crippen molar-refractivity contribution < 1.29 is 4.74 Å². The fraction of sp³-hybridized carbons (Fsp3) is 0.333. The SMILES string of the molecule is C=CC(N)(N)OC(N)(N)C=C. The van der Waals surface area contributed by atoms with Crippen LogP contribution in [0, 0.1) is 0 Å². The Bertz CT molecular complexity index is 146. The molecule has 0 amide bonds. The van der Waals surface area contributed by atoms with Crippen LogP contribution in [0.3, 0.4) is 0 Å². The summed E-state index contributed by atoms with van der Waals surface area (Å²) in [4.78, 5) is 0. The standard InChI is InChI=1S/C6H14N4O/c1-3-5(7,8)11-6(9,10)4-2/h3-4H,1-2,7-10H2. The zero-order chi connectivity index (χ0) is 9.12. The number of rotatable bonds is 4. The van der Waals surface area contributed by atoms with Crippen LogP contribution in [0.2, 0.25) is 0 Å². The third kappa shape index (κ3) is 3.87. The molecule has 0 unspecified atom stereocenters. The monoisotopic (exact) mass is 158 g/mol. The minimum atomic E-state index is -1.53. The van der Waals surface area contributed by atoms with Gasteiger partial charge in [0.15, 0.2) is 11.7 Å². The van der Waals surface area contributed by atoms with Crippen LogP contribution in [-0.4, -0.2) is 11.7 Å². The molecule has 0 aromatic carbocycles. The van der Waals surface area contributed by atoms with E-state index < -0.39 is 11.7 Å². The molecule has 0 atom stereocenters. The summed E-state index contributed by atoms with van der Waals surface area (Å²) >= 11 is 0. The Morgan fingerprint density at radius 3 is 1.36 bits per heavy atom. The number of hydrogen-bond donors (Lipinski definition) is 4. The zero-order valence-electron chi connectivity index (χ0n) is 6.29. The van der Waals surface area contributed by atoms with Gasteiger partial charge in [-0.15, -0.1) is 0 Å². The first-order chi connectivity index (χ1) is 4.83. The summed E-state index contributed by atoms with van der Waals surface area (Å²) in [5, 5.41) is 0. The summed E-state index contributed by atoms with van der Waals surface area (Å²) in [6.07, 6.45) is 2.37. The molecule has 0 rings (SSSR count). The van der Waals surface area contributed by atoms with Crippen LogP contribution in [0.25, 0.3) is 0 Å². The van der Waals surface area contributed by atoms with E-state index in [0.717, 1.165) is 0 Å². The van der Waals surface area contributed by atoms with Gasteiger partial charge in [0.05, 0.1) is 0 Å². The molecular weight excluding hydrogens is 144 g/mol. The highest BCUT2D eigenvalue weighted by Crippen LogP contribution is 2.03. The van der Waals surface area contributed by atoms with Gasteiger partial charge in [-0.05, 0) is 12.2 Å². The van der Waals surface area contributed by atoms with Gasteiger partial charge in [-0.1, -0.05) is 13.2 Å². The lowest BCUT2D eigenvalue weighted by atomic mass is 10.4. The molecule has 11 heavy (non-hydrogen) atoms. The molecular formula is C6H14N4O. The van der Waals surface area contributed by atoms with E-state index >= 15 is 0 Å². The van der Waals surface area contributed by atoms with Gasteiger partial charge in [0.1, 0.15) is 0 Å². The van der Waals surface area contributed by atoms with Crippen molar-refractivity contribution in [3.63, 3.8) is 0 Å². The summed E-state index contributed by atoms with van der Waals surface area (Å²) in [5.41, 5.74) is 21.2. The first-order valence-corrected chi connectivity index (χ1v) is 2.96. The van der Waals surface area contributed by atoms with Crippen molar-refractivity contribution in [3.8, 4) is 0 Å². The first kappa shape index (κ1) is 10.3. The van der Waals surface area contributed by atoms with E-state index in [2.05, 4.69) is 13.2 Å². The molecule has 0 aliphatic rings. The van der Waals surface area contributed by atoms with Crippen molar-refractivity contribution in [3.05, 3.63) is 25.3 Å². The van der Waals surface area contributed by atoms with Crippen LogP contribution in [0.1, 0.15) is 0 Å². The molecule has 0 aliphatic heterocycles. The summed E-state index contributed by atoms with van der Waals surface area (Å²) < 4.78 is 4.80. The largest absolute Gasteiger partial charge is 0.306 e. The van der Waals surface area contributed by atoms with Crippen LogP contribution >= 0.6 is 0 Å². The normalized spacial score (nSPS) is 12.7. The second-order valence-corrected chi connectivity index (χ2v) is 2.22. The highest BCUT2D eigenvalue weighted by Gasteiger charge is 2.25. The quantitative estimate of drug-likeness (QED) is 0.294. The predicted octanol–water partition coefficient (Wildman–Crippen LogP) is -1.48. The van der Waals surface area contributed by atoms with Crippen LogP contribution in [0.4, 0.5) is 0 Å². The molecule has 5 nitrogen and oxygen atoms in total. The second kappa shape index (κ2) is 3.12. The second-order valence-electron chi connectivity index (χ2n) is 2.22. The molecule has 0 aromatic heterocycles. The van der Waals surface area contributed by atoms with Crippen LogP contribution in [0.5, 0.6) is 0 Å². The third-order valence-electron chi connectivity index (χ3n) is 0.992. The van der Waals surface area contributed by atoms with Crippen LogP contribution in [-0.2, 0) is 4.74 Å². The first-order valence-electron chi connectivity index (χ1n) is 2.96. The minimum Gasteiger partial charge on any atom is -0.306 e. The third-order valence-corrected chi connectivity index (χ3v) is 0.992. The number of nitrogens with two attached hydrogens (primary N) is 4. The molecule has 5 heteroatoms. The summed E-state index contributed by atoms with van der Waals surface area (Å²) in [6, 6.07) is 0. The maximum Gasteiger partial charge on any atom is 0.193 e. The van der Waals surface area contributed by atoms with Gasteiger partial charge < -0.3 is 4.74 Å². The van der Waals surface area contributed by atoms with E-state index in [1.165, 1.54) is 12.2 Å². The van der Waals surface area contributed by atoms with Crippen LogP contribution in [0.15, 0.2) is 25.3 Å². The van der Waals surface area contributed by atoms with Gasteiger partial charge in [-0.3, -0.25) is 22.9 Å². The maximum atomic E-state index is 5.31. The van der Waals surface area contributed by atoms with E-state index in [9.17, 15) is 0 Å². The Balaban J connectivity index is 4.23. The van der Waals surface area contributed by atoms with Crippen molar-refractivity contribution in [1.82, 2.24) is 0 Å². The van der Waals surface area contributed by atoms with E-state index in [-0.39, 0.29) is 0 Å². The molecule has 0 bridgehead atoms. The van der Waals surface area contributed by atoms with Gasteiger partial charge >= 0.3 is 0 Å². The Hall–Kier alpha value is -0.720. The van der Waals surface area contributed by atoms with Gasteiger partial charge in [0.2, 0.25) is 0 Å². The number of ether oxygens (including phenoxy) is 1. The molecule has 0 saturated heterocycles. The van der Waals surface area contributed by atoms with Gasteiger partial charge in [0, 0.05) is 0 Å². The maximum absolute atomic E-state index is 5.31. The lowest BCUT2D eigenvalue weighted by molar-refractivity contribution is -0.0954. The van der Waals surface area contributed by atoms with Crippen molar-refractivity contribution in [2.45, 2.75) is 11.7 Å². The molecule has 0 saturated carbocycles. The summed E-state index contributed by atoms with van der Waals surface area (Å²) in [7, 11) is 0. The van der Waals surface area contributed by atoms with Gasteiger partial charge in [-0.2, -0.15) is 0 Å². The number of hydrogen-bond acceptors (Lipinski definition) is 5. The Morgan fingerprint density at radius 1 is 0.909 bits per heavy atom. The summed E-state index contributed by atoms with van der Waals surface area (Å²) in [6.45, 7) is 6.66. The topological polar surface area (TPSA) is 113 Å². The molecule has 8 N–H and O–H groups in total. The van der Waals surface area contributed by atoms with Gasteiger partial charge in [0.25, 0.3) is 0 Å². The van der Waals surface area contributed by atoms with E-state index in [4.69, 9.17) is 27.7 Å². The molecule has 0 spiro atoms. The van der Waals surface area contributed by atoms with E-state index in [1.54, 1.807) is 0 Å². The lowest BCUT2D eigenvalue weighted by Crippen LogP contribution is -2.62. The highest BCUT2D eigenvalue weighted by molar-refractivity contribution is 4.94. The molecule has 0 heterocycles. The molecule has 0 radical (unpaired) electrons. The van der Waals surface area contributed by atoms with Crippen molar-refractivity contribution in [1.29, 1.82) is 0 Å². The Labute approximate surface area is 65.7 Å². The highest BCUT2D eigenvalue weighted by atomic mass is 16.6. The fourth-order valence-electron chi connectivity index (χ4n) is 0.390. The summed E-state index contributed by atoms with van der Waals surface area (Å²) in [5.74, 6) is -3.06. The fourth-order valence-corrected chi connectivity index (χ4v) is 0.390. The van der Waals surface area contributed by atoms with Crippen molar-refractivity contribution >= 4 is 0 Å². The molecule has 0 aliphatic carbocycles. The average molecular weight is 158 g/mol.